The predicted octanol–water partition coefficient (Wildman–Crippen LogP) is 1.57. The number of hydroxylamine groups is 2. The number of benzene rings is 1. The van der Waals surface area contributed by atoms with Crippen LogP contribution in [0.25, 0.3) is 0 Å². The standard InChI is InChI=1S/C11H12N2O5S2/c1-19-10-8-5-3-2-4-7(8)9-6-12(10)11(14)13(9)18-20(15,16)17/h2-5,9-10H,6H2,1H3,(H,15,16,17). The molecule has 0 aromatic heterocycles. The number of urea groups is 1. The molecule has 1 fully saturated rings. The van der Waals surface area contributed by atoms with Crippen molar-refractivity contribution in [3.8, 4) is 0 Å². The highest BCUT2D eigenvalue weighted by atomic mass is 32.3. The summed E-state index contributed by atoms with van der Waals surface area (Å²) in [6.45, 7) is 0.330. The summed E-state index contributed by atoms with van der Waals surface area (Å²) in [5, 5.41) is 0.537. The number of thioether (sulfide) groups is 1. The maximum absolute atomic E-state index is 12.2. The summed E-state index contributed by atoms with van der Waals surface area (Å²) < 4.78 is 35.1. The molecule has 108 valence electrons. The quantitative estimate of drug-likeness (QED) is 0.852. The largest absolute Gasteiger partial charge is 0.418 e. The SMILES string of the molecule is CSC1c2ccccc2C2CN1C(=O)N2OS(=O)(=O)O. The van der Waals surface area contributed by atoms with Gasteiger partial charge in [-0.1, -0.05) is 24.3 Å². The van der Waals surface area contributed by atoms with Crippen LogP contribution >= 0.6 is 11.8 Å². The molecule has 1 aromatic carbocycles. The minimum absolute atomic E-state index is 0.190. The van der Waals surface area contributed by atoms with Gasteiger partial charge in [0.05, 0.1) is 6.54 Å². The van der Waals surface area contributed by atoms with Crippen molar-refractivity contribution in [1.29, 1.82) is 0 Å². The molecule has 2 aliphatic heterocycles. The molecule has 0 aliphatic carbocycles. The van der Waals surface area contributed by atoms with Gasteiger partial charge in [-0.3, -0.25) is 4.55 Å². The second kappa shape index (κ2) is 4.62. The number of nitrogens with zero attached hydrogens (tertiary/aromatic N) is 2. The van der Waals surface area contributed by atoms with Crippen molar-refractivity contribution in [3.05, 3.63) is 35.4 Å². The van der Waals surface area contributed by atoms with E-state index in [0.717, 1.165) is 16.2 Å². The van der Waals surface area contributed by atoms with E-state index in [4.69, 9.17) is 4.55 Å². The van der Waals surface area contributed by atoms with E-state index in [1.54, 1.807) is 0 Å². The molecule has 0 saturated carbocycles. The van der Waals surface area contributed by atoms with Gasteiger partial charge in [-0.05, 0) is 17.4 Å². The summed E-state index contributed by atoms with van der Waals surface area (Å²) in [5.41, 5.74) is 1.78. The first-order valence-electron chi connectivity index (χ1n) is 5.81. The van der Waals surface area contributed by atoms with E-state index in [0.29, 0.717) is 6.54 Å². The van der Waals surface area contributed by atoms with Gasteiger partial charge >= 0.3 is 16.4 Å². The molecule has 0 radical (unpaired) electrons. The Morgan fingerprint density at radius 1 is 1.35 bits per heavy atom. The Labute approximate surface area is 120 Å². The third-order valence-electron chi connectivity index (χ3n) is 3.39. The van der Waals surface area contributed by atoms with E-state index in [1.165, 1.54) is 16.7 Å². The Morgan fingerprint density at radius 3 is 2.60 bits per heavy atom. The van der Waals surface area contributed by atoms with Gasteiger partial charge in [0.15, 0.2) is 0 Å². The molecule has 9 heteroatoms. The van der Waals surface area contributed by atoms with E-state index in [2.05, 4.69) is 4.28 Å². The fourth-order valence-electron chi connectivity index (χ4n) is 2.67. The summed E-state index contributed by atoms with van der Waals surface area (Å²) in [6, 6.07) is 6.32. The number of hydrogen-bond donors (Lipinski definition) is 1. The fourth-order valence-corrected chi connectivity index (χ4v) is 3.94. The van der Waals surface area contributed by atoms with E-state index < -0.39 is 22.5 Å². The number of carbonyl (C=O) groups excluding carboxylic acids is 1. The molecule has 0 spiro atoms. The number of carbonyl (C=O) groups is 1. The molecule has 2 heterocycles. The Balaban J connectivity index is 2.07. The van der Waals surface area contributed by atoms with Crippen LogP contribution < -0.4 is 0 Å². The van der Waals surface area contributed by atoms with Crippen LogP contribution in [0.2, 0.25) is 0 Å². The van der Waals surface area contributed by atoms with Crippen molar-refractivity contribution < 1.29 is 22.0 Å². The van der Waals surface area contributed by atoms with E-state index in [-0.39, 0.29) is 5.37 Å². The minimum atomic E-state index is -4.73. The summed E-state index contributed by atoms with van der Waals surface area (Å²) in [6.07, 6.45) is 1.88. The van der Waals surface area contributed by atoms with Gasteiger partial charge in [-0.15, -0.1) is 16.0 Å². The first kappa shape index (κ1) is 13.7. The van der Waals surface area contributed by atoms with Crippen LogP contribution in [0, 0.1) is 0 Å². The van der Waals surface area contributed by atoms with Crippen LogP contribution in [0.15, 0.2) is 24.3 Å². The molecule has 1 N–H and O–H groups in total. The van der Waals surface area contributed by atoms with E-state index in [1.807, 2.05) is 30.5 Å². The average molecular weight is 316 g/mol. The maximum Gasteiger partial charge on any atom is 0.418 e. The number of rotatable bonds is 3. The molecule has 2 amide bonds. The molecule has 2 aliphatic rings. The molecule has 7 nitrogen and oxygen atoms in total. The van der Waals surface area contributed by atoms with E-state index >= 15 is 0 Å². The van der Waals surface area contributed by atoms with Crippen LogP contribution in [0.4, 0.5) is 4.79 Å². The molecular weight excluding hydrogens is 304 g/mol. The van der Waals surface area contributed by atoms with Crippen molar-refractivity contribution in [2.24, 2.45) is 0 Å². The summed E-state index contributed by atoms with van der Waals surface area (Å²) in [4.78, 5) is 13.8. The van der Waals surface area contributed by atoms with Crippen molar-refractivity contribution in [2.45, 2.75) is 11.4 Å². The van der Waals surface area contributed by atoms with Crippen molar-refractivity contribution in [3.63, 3.8) is 0 Å². The lowest BCUT2D eigenvalue weighted by atomic mass is 9.97. The van der Waals surface area contributed by atoms with Crippen LogP contribution in [-0.4, -0.2) is 41.8 Å². The van der Waals surface area contributed by atoms with Gasteiger partial charge in [-0.2, -0.15) is 13.5 Å². The smallest absolute Gasteiger partial charge is 0.304 e. The first-order chi connectivity index (χ1) is 9.42. The fraction of sp³-hybridized carbons (Fsp3) is 0.364. The van der Waals surface area contributed by atoms with Crippen molar-refractivity contribution >= 4 is 28.2 Å². The summed E-state index contributed by atoms with van der Waals surface area (Å²) in [5.74, 6) is 0. The number of hydrogen-bond acceptors (Lipinski definition) is 5. The normalized spacial score (nSPS) is 25.0. The highest BCUT2D eigenvalue weighted by Crippen LogP contribution is 2.47. The maximum atomic E-state index is 12.2. The highest BCUT2D eigenvalue weighted by Gasteiger charge is 2.49. The topological polar surface area (TPSA) is 87.2 Å². The van der Waals surface area contributed by atoms with Crippen LogP contribution in [0.1, 0.15) is 22.5 Å². The minimum Gasteiger partial charge on any atom is -0.304 e. The summed E-state index contributed by atoms with van der Waals surface area (Å²) >= 11 is 1.48. The predicted molar refractivity (Wildman–Crippen MR) is 72.0 cm³/mol. The molecule has 1 saturated heterocycles. The van der Waals surface area contributed by atoms with Crippen LogP contribution in [0.5, 0.6) is 0 Å². The van der Waals surface area contributed by atoms with Crippen molar-refractivity contribution in [1.82, 2.24) is 9.96 Å². The van der Waals surface area contributed by atoms with Crippen LogP contribution in [-0.2, 0) is 14.7 Å². The van der Waals surface area contributed by atoms with Crippen LogP contribution in [0.3, 0.4) is 0 Å². The molecule has 2 atom stereocenters. The van der Waals surface area contributed by atoms with E-state index in [9.17, 15) is 13.2 Å². The lowest BCUT2D eigenvalue weighted by Gasteiger charge is -2.31. The number of amides is 2. The zero-order valence-electron chi connectivity index (χ0n) is 10.5. The Morgan fingerprint density at radius 2 is 2.00 bits per heavy atom. The highest BCUT2D eigenvalue weighted by molar-refractivity contribution is 7.98. The molecule has 2 unspecified atom stereocenters. The Bertz CT molecular complexity index is 663. The molecule has 1 aromatic rings. The van der Waals surface area contributed by atoms with Crippen molar-refractivity contribution in [2.75, 3.05) is 12.8 Å². The van der Waals surface area contributed by atoms with Gasteiger partial charge < -0.3 is 4.90 Å². The lowest BCUT2D eigenvalue weighted by Crippen LogP contribution is -2.33. The lowest BCUT2D eigenvalue weighted by molar-refractivity contribution is -0.0316. The van der Waals surface area contributed by atoms with Gasteiger partial charge in [0.1, 0.15) is 11.4 Å². The van der Waals surface area contributed by atoms with Gasteiger partial charge in [0.25, 0.3) is 0 Å². The molecule has 2 bridgehead atoms. The Kier molecular flexibility index (Phi) is 3.16. The Hall–Kier alpha value is -1.29. The van der Waals surface area contributed by atoms with Gasteiger partial charge in [-0.25, -0.2) is 4.79 Å². The second-order valence-electron chi connectivity index (χ2n) is 4.50. The van der Waals surface area contributed by atoms with Gasteiger partial charge in [0, 0.05) is 0 Å². The molecular formula is C11H12N2O5S2. The third-order valence-corrected chi connectivity index (χ3v) is 4.69. The molecule has 20 heavy (non-hydrogen) atoms. The second-order valence-corrected chi connectivity index (χ2v) is 6.42. The zero-order chi connectivity index (χ0) is 14.5. The summed E-state index contributed by atoms with van der Waals surface area (Å²) in [7, 11) is -4.73. The molecule has 3 rings (SSSR count). The number of fused-ring (bicyclic) bond motifs is 4. The monoisotopic (exact) mass is 316 g/mol. The first-order valence-corrected chi connectivity index (χ1v) is 8.46. The average Bonchev–Trinajstić information content (AvgIpc) is 2.65. The third kappa shape index (κ3) is 2.06. The van der Waals surface area contributed by atoms with Gasteiger partial charge in [0.2, 0.25) is 0 Å². The zero-order valence-corrected chi connectivity index (χ0v) is 12.1.